The van der Waals surface area contributed by atoms with E-state index in [2.05, 4.69) is 0 Å². The van der Waals surface area contributed by atoms with Gasteiger partial charge in [-0.1, -0.05) is 66.7 Å². The van der Waals surface area contributed by atoms with Gasteiger partial charge >= 0.3 is 34.3 Å². The van der Waals surface area contributed by atoms with Gasteiger partial charge in [-0.15, -0.1) is 0 Å². The van der Waals surface area contributed by atoms with E-state index >= 15 is 0 Å². The summed E-state index contributed by atoms with van der Waals surface area (Å²) in [4.78, 5) is 30.5. The van der Waals surface area contributed by atoms with E-state index in [0.29, 0.717) is 11.1 Å². The van der Waals surface area contributed by atoms with E-state index in [9.17, 15) is 19.5 Å². The molecule has 0 saturated carbocycles. The van der Waals surface area contributed by atoms with Gasteiger partial charge in [-0.25, -0.2) is 9.59 Å². The predicted molar refractivity (Wildman–Crippen MR) is 108 cm³/mol. The summed E-state index contributed by atoms with van der Waals surface area (Å²) in [6.07, 6.45) is 0. The van der Waals surface area contributed by atoms with Crippen LogP contribution in [0.25, 0.3) is 0 Å². The molecule has 8 heteroatoms. The molecule has 2 N–H and O–H groups in total. The third-order valence-electron chi connectivity index (χ3n) is 3.05. The Balaban J connectivity index is 0. The Morgan fingerprint density at radius 2 is 0.793 bits per heavy atom. The van der Waals surface area contributed by atoms with Crippen molar-refractivity contribution in [1.29, 1.82) is 0 Å². The summed E-state index contributed by atoms with van der Waals surface area (Å²) in [5.41, 5.74) is 0.882. The minimum absolute atomic E-state index is 0. The van der Waals surface area contributed by atoms with Gasteiger partial charge in [0.25, 0.3) is 0 Å². The second-order valence-electron chi connectivity index (χ2n) is 5.00. The fraction of sp³-hybridized carbons (Fsp3) is 0. The maximum Gasteiger partial charge on any atom is 1.00 e. The number of carboxylic acid groups (broad SMARTS) is 3. The van der Waals surface area contributed by atoms with E-state index in [1.54, 1.807) is 78.9 Å². The third kappa shape index (κ3) is 12.3. The molecule has 0 heterocycles. The molecule has 0 radical (unpaired) electrons. The first-order valence-corrected chi connectivity index (χ1v) is 7.75. The average molecular weight is 507 g/mol. The van der Waals surface area contributed by atoms with E-state index < -0.39 is 17.9 Å². The molecule has 0 aliphatic heterocycles. The minimum atomic E-state index is -1.13. The van der Waals surface area contributed by atoms with Crippen LogP contribution < -0.4 is 5.11 Å². The van der Waals surface area contributed by atoms with Crippen LogP contribution in [0.1, 0.15) is 31.1 Å². The second-order valence-corrected chi connectivity index (χ2v) is 5.00. The Bertz CT molecular complexity index is 740. The molecule has 6 nitrogen and oxygen atoms in total. The van der Waals surface area contributed by atoms with Crippen LogP contribution in [0.2, 0.25) is 0 Å². The molecular weight excluding hydrogens is 488 g/mol. The molecule has 0 bridgehead atoms. The summed E-state index contributed by atoms with van der Waals surface area (Å²) in [6.45, 7) is 0. The molecule has 0 fully saturated rings. The molecule has 0 aromatic heterocycles. The number of aromatic carboxylic acids is 3. The number of rotatable bonds is 3. The van der Waals surface area contributed by atoms with Crippen molar-refractivity contribution in [3.05, 3.63) is 108 Å². The van der Waals surface area contributed by atoms with Gasteiger partial charge in [-0.3, -0.25) is 0 Å². The van der Waals surface area contributed by atoms with Gasteiger partial charge < -0.3 is 20.1 Å². The van der Waals surface area contributed by atoms with Crippen LogP contribution in [0, 0.1) is 0 Å². The summed E-state index contributed by atoms with van der Waals surface area (Å²) in [5, 5.41) is 26.9. The van der Waals surface area contributed by atoms with Crippen LogP contribution in [0.15, 0.2) is 91.0 Å². The van der Waals surface area contributed by atoms with Gasteiger partial charge in [-0.2, -0.15) is 13.5 Å². The molecule has 0 saturated heterocycles. The maximum atomic E-state index is 10.2. The quantitative estimate of drug-likeness (QED) is 0.527. The fourth-order valence-corrected chi connectivity index (χ4v) is 1.74. The van der Waals surface area contributed by atoms with Crippen molar-refractivity contribution in [2.45, 2.75) is 0 Å². The number of carbonyl (C=O) groups is 3. The summed E-state index contributed by atoms with van der Waals surface area (Å²) in [7, 11) is 0. The van der Waals surface area contributed by atoms with E-state index in [0.717, 1.165) is 0 Å². The molecule has 0 aliphatic rings. The van der Waals surface area contributed by atoms with Crippen molar-refractivity contribution in [1.82, 2.24) is 0 Å². The first kappa shape index (κ1) is 28.4. The largest absolute Gasteiger partial charge is 1.00 e. The van der Waals surface area contributed by atoms with E-state index in [1.807, 2.05) is 0 Å². The standard InChI is InChI=1S/3C7H6O2.Ag.H2S/c3*8-7(9)6-4-2-1-3-5-6;;/h3*1-5H,(H,8,9);;1H2/q;;;+1;/p-1. The number of hydrogen-bond acceptors (Lipinski definition) is 4. The Kier molecular flexibility index (Phi) is 15.8. The van der Waals surface area contributed by atoms with Crippen LogP contribution in [-0.2, 0) is 22.4 Å². The van der Waals surface area contributed by atoms with Crippen molar-refractivity contribution >= 4 is 31.4 Å². The van der Waals surface area contributed by atoms with Crippen molar-refractivity contribution in [2.75, 3.05) is 0 Å². The zero-order valence-corrected chi connectivity index (χ0v) is 17.5. The summed E-state index contributed by atoms with van der Waals surface area (Å²) in [5.74, 6) is -2.89. The van der Waals surface area contributed by atoms with Crippen LogP contribution in [0.3, 0.4) is 0 Å². The molecule has 0 amide bonds. The predicted octanol–water partition coefficient (Wildman–Crippen LogP) is 2.93. The monoisotopic (exact) mass is 506 g/mol. The molecule has 3 aromatic rings. The van der Waals surface area contributed by atoms with Gasteiger partial charge in [0.1, 0.15) is 0 Å². The zero-order valence-electron chi connectivity index (χ0n) is 15.0. The minimum Gasteiger partial charge on any atom is -0.545 e. The SMILES string of the molecule is O=C(O)c1ccccc1.O=C(O)c1ccccc1.O=C([O-])c1ccccc1.S.[Ag+]. The molecule has 3 rings (SSSR count). The van der Waals surface area contributed by atoms with Crippen molar-refractivity contribution < 1.29 is 52.1 Å². The summed E-state index contributed by atoms with van der Waals surface area (Å²) >= 11 is 0. The number of benzene rings is 3. The molecule has 0 spiro atoms. The average Bonchev–Trinajstić information content (AvgIpc) is 2.71. The molecular formula is C21H19AgO6S. The van der Waals surface area contributed by atoms with Crippen LogP contribution >= 0.6 is 13.5 Å². The molecule has 29 heavy (non-hydrogen) atoms. The Morgan fingerprint density at radius 1 is 0.552 bits per heavy atom. The van der Waals surface area contributed by atoms with Crippen LogP contribution in [0.4, 0.5) is 0 Å². The van der Waals surface area contributed by atoms with E-state index in [1.165, 1.54) is 12.1 Å². The van der Waals surface area contributed by atoms with Crippen molar-refractivity contribution in [3.8, 4) is 0 Å². The Labute approximate surface area is 190 Å². The van der Waals surface area contributed by atoms with E-state index in [-0.39, 0.29) is 41.4 Å². The van der Waals surface area contributed by atoms with E-state index in [4.69, 9.17) is 10.2 Å². The molecule has 3 aromatic carbocycles. The summed E-state index contributed by atoms with van der Waals surface area (Å²) < 4.78 is 0. The zero-order chi connectivity index (χ0) is 20.1. The number of carbonyl (C=O) groups excluding carboxylic acids is 1. The Hall–Kier alpha value is -2.84. The fourth-order valence-electron chi connectivity index (χ4n) is 1.74. The number of carboxylic acids is 3. The molecule has 0 aliphatic carbocycles. The first-order valence-electron chi connectivity index (χ1n) is 7.75. The Morgan fingerprint density at radius 3 is 0.931 bits per heavy atom. The first-order chi connectivity index (χ1) is 12.9. The molecule has 156 valence electrons. The van der Waals surface area contributed by atoms with Gasteiger partial charge in [0.05, 0.1) is 17.1 Å². The maximum absolute atomic E-state index is 10.2. The molecule has 0 unspecified atom stereocenters. The van der Waals surface area contributed by atoms with Gasteiger partial charge in [0, 0.05) is 0 Å². The third-order valence-corrected chi connectivity index (χ3v) is 3.05. The second kappa shape index (κ2) is 16.1. The van der Waals surface area contributed by atoms with Crippen LogP contribution in [-0.4, -0.2) is 28.1 Å². The van der Waals surface area contributed by atoms with Crippen molar-refractivity contribution in [2.24, 2.45) is 0 Å². The van der Waals surface area contributed by atoms with Gasteiger partial charge in [-0.05, 0) is 29.8 Å². The smallest absolute Gasteiger partial charge is 0.545 e. The van der Waals surface area contributed by atoms with Gasteiger partial charge in [0.15, 0.2) is 0 Å². The molecule has 0 atom stereocenters. The van der Waals surface area contributed by atoms with Gasteiger partial charge in [0.2, 0.25) is 0 Å². The van der Waals surface area contributed by atoms with Crippen molar-refractivity contribution in [3.63, 3.8) is 0 Å². The number of hydrogen-bond donors (Lipinski definition) is 2. The topological polar surface area (TPSA) is 115 Å². The summed E-state index contributed by atoms with van der Waals surface area (Å²) in [6, 6.07) is 24.7. The normalized spacial score (nSPS) is 8.28. The van der Waals surface area contributed by atoms with Crippen LogP contribution in [0.5, 0.6) is 0 Å².